The highest BCUT2D eigenvalue weighted by Gasteiger charge is 2.10. The first kappa shape index (κ1) is 21.2. The van der Waals surface area contributed by atoms with Crippen molar-refractivity contribution in [3.8, 4) is 5.75 Å². The van der Waals surface area contributed by atoms with Crippen LogP contribution in [0.3, 0.4) is 0 Å². The molecule has 2 rings (SSSR count). The molecular formula is C21H27N3O4. The lowest BCUT2D eigenvalue weighted by Crippen LogP contribution is -2.36. The molecule has 7 nitrogen and oxygen atoms in total. The van der Waals surface area contributed by atoms with Gasteiger partial charge in [-0.2, -0.15) is 0 Å². The van der Waals surface area contributed by atoms with Gasteiger partial charge >= 0.3 is 12.0 Å². The Balaban J connectivity index is 1.79. The Morgan fingerprint density at radius 2 is 1.68 bits per heavy atom. The summed E-state index contributed by atoms with van der Waals surface area (Å²) in [5.74, 6) is 0.168. The first-order valence-corrected chi connectivity index (χ1v) is 9.12. The molecule has 0 aliphatic rings. The van der Waals surface area contributed by atoms with Crippen molar-refractivity contribution in [3.05, 3.63) is 64.7 Å². The maximum Gasteiger partial charge on any atom is 0.337 e. The van der Waals surface area contributed by atoms with Crippen LogP contribution in [0.1, 0.15) is 27.0 Å². The van der Waals surface area contributed by atoms with Crippen LogP contribution in [0.25, 0.3) is 0 Å². The SMILES string of the molecule is COC(=O)c1ccc(CCNC(=O)NCc2ccc(CCN)cc2)c(OC)c1. The number of ether oxygens (including phenoxy) is 2. The fraction of sp³-hybridized carbons (Fsp3) is 0.333. The number of hydrogen-bond donors (Lipinski definition) is 3. The van der Waals surface area contributed by atoms with Crippen LogP contribution < -0.4 is 21.1 Å². The highest BCUT2D eigenvalue weighted by molar-refractivity contribution is 5.89. The van der Waals surface area contributed by atoms with E-state index in [0.29, 0.717) is 37.4 Å². The lowest BCUT2D eigenvalue weighted by atomic mass is 10.1. The number of urea groups is 1. The molecule has 0 saturated heterocycles. The molecule has 0 unspecified atom stereocenters. The summed E-state index contributed by atoms with van der Waals surface area (Å²) in [5.41, 5.74) is 9.06. The Morgan fingerprint density at radius 3 is 2.32 bits per heavy atom. The van der Waals surface area contributed by atoms with Crippen LogP contribution in [-0.2, 0) is 24.1 Å². The number of carbonyl (C=O) groups is 2. The van der Waals surface area contributed by atoms with Crippen LogP contribution in [0, 0.1) is 0 Å². The van der Waals surface area contributed by atoms with Gasteiger partial charge in [-0.1, -0.05) is 30.3 Å². The van der Waals surface area contributed by atoms with Crippen molar-refractivity contribution in [1.29, 1.82) is 0 Å². The summed E-state index contributed by atoms with van der Waals surface area (Å²) in [5, 5.41) is 5.65. The fourth-order valence-electron chi connectivity index (χ4n) is 2.74. The van der Waals surface area contributed by atoms with Crippen molar-refractivity contribution in [2.45, 2.75) is 19.4 Å². The summed E-state index contributed by atoms with van der Waals surface area (Å²) >= 11 is 0. The third-order valence-corrected chi connectivity index (χ3v) is 4.30. The monoisotopic (exact) mass is 385 g/mol. The first-order chi connectivity index (χ1) is 13.6. The highest BCUT2D eigenvalue weighted by atomic mass is 16.5. The predicted molar refractivity (Wildman–Crippen MR) is 107 cm³/mol. The molecule has 2 aromatic carbocycles. The van der Waals surface area contributed by atoms with E-state index in [1.54, 1.807) is 25.3 Å². The first-order valence-electron chi connectivity index (χ1n) is 9.12. The summed E-state index contributed by atoms with van der Waals surface area (Å²) in [4.78, 5) is 23.6. The molecule has 0 spiro atoms. The summed E-state index contributed by atoms with van der Waals surface area (Å²) in [7, 11) is 2.87. The zero-order valence-electron chi connectivity index (χ0n) is 16.3. The van der Waals surface area contributed by atoms with Gasteiger partial charge < -0.3 is 25.8 Å². The van der Waals surface area contributed by atoms with E-state index >= 15 is 0 Å². The molecule has 7 heteroatoms. The average Bonchev–Trinajstić information content (AvgIpc) is 2.73. The smallest absolute Gasteiger partial charge is 0.337 e. The third-order valence-electron chi connectivity index (χ3n) is 4.30. The molecule has 2 amide bonds. The molecule has 4 N–H and O–H groups in total. The van der Waals surface area contributed by atoms with Crippen LogP contribution in [0.15, 0.2) is 42.5 Å². The number of benzene rings is 2. The van der Waals surface area contributed by atoms with Gasteiger partial charge in [-0.25, -0.2) is 9.59 Å². The fourth-order valence-corrected chi connectivity index (χ4v) is 2.74. The Kier molecular flexibility index (Phi) is 8.30. The summed E-state index contributed by atoms with van der Waals surface area (Å²) in [6.07, 6.45) is 1.42. The van der Waals surface area contributed by atoms with Crippen LogP contribution in [0.2, 0.25) is 0 Å². The molecule has 0 bridgehead atoms. The molecule has 0 aromatic heterocycles. The standard InChI is InChI=1S/C21H27N3O4/c1-27-19-13-18(20(25)28-2)8-7-17(19)10-12-23-21(26)24-14-16-5-3-15(4-6-16)9-11-22/h3-8,13H,9-12,14,22H2,1-2H3,(H2,23,24,26). The number of nitrogens with one attached hydrogen (secondary N) is 2. The van der Waals surface area contributed by atoms with Crippen molar-refractivity contribution in [2.24, 2.45) is 5.73 Å². The minimum absolute atomic E-state index is 0.240. The molecule has 0 aliphatic carbocycles. The van der Waals surface area contributed by atoms with Gasteiger partial charge in [-0.15, -0.1) is 0 Å². The van der Waals surface area contributed by atoms with Crippen molar-refractivity contribution in [2.75, 3.05) is 27.3 Å². The lowest BCUT2D eigenvalue weighted by Gasteiger charge is -2.11. The van der Waals surface area contributed by atoms with E-state index in [4.69, 9.17) is 15.2 Å². The second-order valence-electron chi connectivity index (χ2n) is 6.23. The zero-order valence-corrected chi connectivity index (χ0v) is 16.3. The molecule has 28 heavy (non-hydrogen) atoms. The molecule has 0 saturated carbocycles. The van der Waals surface area contributed by atoms with Crippen LogP contribution in [-0.4, -0.2) is 39.3 Å². The van der Waals surface area contributed by atoms with E-state index in [0.717, 1.165) is 17.5 Å². The third kappa shape index (κ3) is 6.28. The van der Waals surface area contributed by atoms with Gasteiger partial charge in [0.05, 0.1) is 19.8 Å². The highest BCUT2D eigenvalue weighted by Crippen LogP contribution is 2.21. The van der Waals surface area contributed by atoms with Gasteiger partial charge in [-0.05, 0) is 48.2 Å². The second-order valence-corrected chi connectivity index (χ2v) is 6.23. The van der Waals surface area contributed by atoms with Gasteiger partial charge in [0.1, 0.15) is 5.75 Å². The van der Waals surface area contributed by atoms with Gasteiger partial charge in [0, 0.05) is 13.1 Å². The molecule has 0 heterocycles. The maximum absolute atomic E-state index is 12.0. The quantitative estimate of drug-likeness (QED) is 0.573. The van der Waals surface area contributed by atoms with Gasteiger partial charge in [0.2, 0.25) is 0 Å². The molecular weight excluding hydrogens is 358 g/mol. The molecule has 150 valence electrons. The lowest BCUT2D eigenvalue weighted by molar-refractivity contribution is 0.0600. The Bertz CT molecular complexity index is 791. The zero-order chi connectivity index (χ0) is 20.4. The number of methoxy groups -OCH3 is 2. The summed E-state index contributed by atoms with van der Waals surface area (Å²) in [6.45, 7) is 1.51. The maximum atomic E-state index is 12.0. The van der Waals surface area contributed by atoms with E-state index in [-0.39, 0.29) is 6.03 Å². The van der Waals surface area contributed by atoms with Gasteiger partial charge in [0.15, 0.2) is 0 Å². The molecule has 0 atom stereocenters. The average molecular weight is 385 g/mol. The topological polar surface area (TPSA) is 103 Å². The Labute approximate surface area is 165 Å². The molecule has 2 aromatic rings. The van der Waals surface area contributed by atoms with Crippen molar-refractivity contribution in [3.63, 3.8) is 0 Å². The summed E-state index contributed by atoms with van der Waals surface area (Å²) < 4.78 is 10.0. The van der Waals surface area contributed by atoms with E-state index < -0.39 is 5.97 Å². The molecule has 0 radical (unpaired) electrons. The van der Waals surface area contributed by atoms with Gasteiger partial charge in [0.25, 0.3) is 0 Å². The number of esters is 1. The molecule has 0 fully saturated rings. The Hall–Kier alpha value is -3.06. The number of rotatable bonds is 9. The normalized spacial score (nSPS) is 10.2. The number of nitrogens with two attached hydrogens (primary N) is 1. The van der Waals surface area contributed by atoms with E-state index in [1.807, 2.05) is 24.3 Å². The van der Waals surface area contributed by atoms with Crippen molar-refractivity contribution in [1.82, 2.24) is 10.6 Å². The van der Waals surface area contributed by atoms with E-state index in [9.17, 15) is 9.59 Å². The van der Waals surface area contributed by atoms with Gasteiger partial charge in [-0.3, -0.25) is 0 Å². The number of hydrogen-bond acceptors (Lipinski definition) is 5. The van der Waals surface area contributed by atoms with Crippen LogP contribution in [0.5, 0.6) is 5.75 Å². The number of amides is 2. The minimum Gasteiger partial charge on any atom is -0.496 e. The van der Waals surface area contributed by atoms with Crippen molar-refractivity contribution < 1.29 is 19.1 Å². The van der Waals surface area contributed by atoms with E-state index in [2.05, 4.69) is 10.6 Å². The number of carbonyl (C=O) groups excluding carboxylic acids is 2. The second kappa shape index (κ2) is 10.9. The predicted octanol–water partition coefficient (Wildman–Crippen LogP) is 2.02. The summed E-state index contributed by atoms with van der Waals surface area (Å²) in [6, 6.07) is 12.9. The molecule has 0 aliphatic heterocycles. The Morgan fingerprint density at radius 1 is 0.964 bits per heavy atom. The van der Waals surface area contributed by atoms with E-state index in [1.165, 1.54) is 12.7 Å². The van der Waals surface area contributed by atoms with Crippen molar-refractivity contribution >= 4 is 12.0 Å². The minimum atomic E-state index is -0.418. The van der Waals surface area contributed by atoms with Crippen LogP contribution >= 0.6 is 0 Å². The van der Waals surface area contributed by atoms with Crippen LogP contribution in [0.4, 0.5) is 4.79 Å². The largest absolute Gasteiger partial charge is 0.496 e.